The van der Waals surface area contributed by atoms with E-state index in [4.69, 9.17) is 18.9 Å². The van der Waals surface area contributed by atoms with Crippen LogP contribution in [-0.2, 0) is 14.3 Å². The van der Waals surface area contributed by atoms with Crippen LogP contribution < -0.4 is 14.4 Å². The number of aromatic carboxylic acids is 1. The highest BCUT2D eigenvalue weighted by Gasteiger charge is 2.32. The van der Waals surface area contributed by atoms with Crippen molar-refractivity contribution in [1.82, 2.24) is 0 Å². The van der Waals surface area contributed by atoms with E-state index in [1.54, 1.807) is 25.3 Å². The van der Waals surface area contributed by atoms with Crippen LogP contribution in [0.5, 0.6) is 17.2 Å². The number of carbonyl (C=O) groups excluding carboxylic acids is 1. The summed E-state index contributed by atoms with van der Waals surface area (Å²) in [6.45, 7) is 4.21. The van der Waals surface area contributed by atoms with E-state index in [9.17, 15) is 14.7 Å². The van der Waals surface area contributed by atoms with Crippen LogP contribution in [0.2, 0.25) is 0 Å². The van der Waals surface area contributed by atoms with Crippen molar-refractivity contribution in [3.05, 3.63) is 48.0 Å². The van der Waals surface area contributed by atoms with Crippen molar-refractivity contribution in [2.45, 2.75) is 38.7 Å². The summed E-state index contributed by atoms with van der Waals surface area (Å²) < 4.78 is 22.3. The number of rotatable bonds is 11. The summed E-state index contributed by atoms with van der Waals surface area (Å²) in [4.78, 5) is 26.8. The van der Waals surface area contributed by atoms with Crippen molar-refractivity contribution in [1.29, 1.82) is 0 Å². The minimum Gasteiger partial charge on any atom is -0.488 e. The van der Waals surface area contributed by atoms with Crippen LogP contribution in [0, 0.1) is 11.8 Å². The summed E-state index contributed by atoms with van der Waals surface area (Å²) in [6, 6.07) is 11.9. The highest BCUT2D eigenvalue weighted by molar-refractivity contribution is 5.95. The van der Waals surface area contributed by atoms with E-state index in [0.29, 0.717) is 43.0 Å². The summed E-state index contributed by atoms with van der Waals surface area (Å²) in [6.07, 6.45) is 3.59. The van der Waals surface area contributed by atoms with Crippen molar-refractivity contribution < 1.29 is 33.6 Å². The fraction of sp³-hybridized carbons (Fsp3) is 0.481. The molecular weight excluding hydrogens is 450 g/mol. The molecular formula is C27H33NO7. The number of carboxylic acids is 1. The number of carbonyl (C=O) groups is 2. The maximum Gasteiger partial charge on any atom is 0.335 e. The number of methoxy groups -OCH3 is 1. The van der Waals surface area contributed by atoms with Gasteiger partial charge in [-0.25, -0.2) is 4.79 Å². The molecule has 2 aliphatic rings. The molecule has 1 unspecified atom stereocenters. The molecule has 1 aliphatic carbocycles. The number of benzene rings is 2. The van der Waals surface area contributed by atoms with Gasteiger partial charge in [0, 0.05) is 44.5 Å². The van der Waals surface area contributed by atoms with E-state index in [1.807, 2.05) is 24.0 Å². The summed E-state index contributed by atoms with van der Waals surface area (Å²) in [5, 5.41) is 9.49. The van der Waals surface area contributed by atoms with Crippen LogP contribution in [0.25, 0.3) is 0 Å². The molecule has 1 heterocycles. The van der Waals surface area contributed by atoms with Crippen molar-refractivity contribution >= 4 is 17.6 Å². The molecule has 1 saturated heterocycles. The predicted molar refractivity (Wildman–Crippen MR) is 131 cm³/mol. The third kappa shape index (κ3) is 6.96. The fourth-order valence-corrected chi connectivity index (χ4v) is 4.20. The summed E-state index contributed by atoms with van der Waals surface area (Å²) in [7, 11) is 1.58. The van der Waals surface area contributed by atoms with Gasteiger partial charge in [-0.15, -0.1) is 0 Å². The molecule has 1 N–H and O–H groups in total. The third-order valence-corrected chi connectivity index (χ3v) is 6.22. The van der Waals surface area contributed by atoms with Gasteiger partial charge in [-0.05, 0) is 74.9 Å². The molecule has 2 aromatic carbocycles. The normalized spacial score (nSPS) is 17.0. The summed E-state index contributed by atoms with van der Waals surface area (Å²) in [5.74, 6) is 0.928. The summed E-state index contributed by atoms with van der Waals surface area (Å²) >= 11 is 0. The van der Waals surface area contributed by atoms with Gasteiger partial charge in [-0.3, -0.25) is 4.79 Å². The quantitative estimate of drug-likeness (QED) is 0.492. The monoisotopic (exact) mass is 483 g/mol. The topological polar surface area (TPSA) is 94.5 Å². The van der Waals surface area contributed by atoms with Gasteiger partial charge in [-0.1, -0.05) is 0 Å². The number of carboxylic acid groups (broad SMARTS) is 1. The Balaban J connectivity index is 1.49. The Morgan fingerprint density at radius 1 is 1.03 bits per heavy atom. The van der Waals surface area contributed by atoms with E-state index >= 15 is 0 Å². The third-order valence-electron chi connectivity index (χ3n) is 6.22. The molecule has 8 heteroatoms. The second-order valence-corrected chi connectivity index (χ2v) is 9.26. The second kappa shape index (κ2) is 11.6. The number of hydrogen-bond donors (Lipinski definition) is 1. The number of hydrogen-bond acceptors (Lipinski definition) is 6. The lowest BCUT2D eigenvalue weighted by Gasteiger charge is -2.29. The number of ether oxygens (including phenoxy) is 4. The van der Waals surface area contributed by atoms with Gasteiger partial charge >= 0.3 is 5.97 Å². The minimum atomic E-state index is -1.07. The molecule has 2 fully saturated rings. The SMILES string of the molecule is COCC(C)Oc1cc(Oc2ccc(N(CC3CC3)C(=O)C3CCOCC3)cc2)cc(C(=O)O)c1. The lowest BCUT2D eigenvalue weighted by atomic mass is 9.98. The van der Waals surface area contributed by atoms with Gasteiger partial charge < -0.3 is 29.0 Å². The van der Waals surface area contributed by atoms with Crippen LogP contribution >= 0.6 is 0 Å². The zero-order valence-electron chi connectivity index (χ0n) is 20.3. The molecule has 0 aromatic heterocycles. The zero-order chi connectivity index (χ0) is 24.8. The van der Waals surface area contributed by atoms with Gasteiger partial charge in [0.1, 0.15) is 23.4 Å². The average molecular weight is 484 g/mol. The average Bonchev–Trinajstić information content (AvgIpc) is 3.67. The lowest BCUT2D eigenvalue weighted by Crippen LogP contribution is -2.39. The molecule has 0 bridgehead atoms. The van der Waals surface area contributed by atoms with E-state index < -0.39 is 5.97 Å². The van der Waals surface area contributed by atoms with Crippen molar-refractivity contribution in [2.75, 3.05) is 38.4 Å². The Bertz CT molecular complexity index is 1010. The highest BCUT2D eigenvalue weighted by Crippen LogP contribution is 2.34. The first kappa shape index (κ1) is 25.0. The van der Waals surface area contributed by atoms with Crippen LogP contribution in [0.4, 0.5) is 5.69 Å². The molecule has 8 nitrogen and oxygen atoms in total. The van der Waals surface area contributed by atoms with Crippen molar-refractivity contribution in [3.63, 3.8) is 0 Å². The van der Waals surface area contributed by atoms with E-state index in [-0.39, 0.29) is 23.5 Å². The Morgan fingerprint density at radius 3 is 2.34 bits per heavy atom. The Kier molecular flexibility index (Phi) is 8.25. The Labute approximate surface area is 205 Å². The van der Waals surface area contributed by atoms with Gasteiger partial charge in [0.2, 0.25) is 5.91 Å². The van der Waals surface area contributed by atoms with Gasteiger partial charge in [0.15, 0.2) is 0 Å². The van der Waals surface area contributed by atoms with Gasteiger partial charge in [0.25, 0.3) is 0 Å². The number of nitrogens with zero attached hydrogens (tertiary/aromatic N) is 1. The molecule has 4 rings (SSSR count). The minimum absolute atomic E-state index is 0.00361. The van der Waals surface area contributed by atoms with Crippen LogP contribution in [0.3, 0.4) is 0 Å². The molecule has 188 valence electrons. The molecule has 0 spiro atoms. The fourth-order valence-electron chi connectivity index (χ4n) is 4.20. The molecule has 1 saturated carbocycles. The Morgan fingerprint density at radius 2 is 1.71 bits per heavy atom. The summed E-state index contributed by atoms with van der Waals surface area (Å²) in [5.41, 5.74) is 0.911. The molecule has 1 aliphatic heterocycles. The standard InChI is InChI=1S/C27H33NO7/c1-18(17-32-2)34-24-13-21(27(30)31)14-25(15-24)35-23-7-5-22(6-8-23)28(16-19-3-4-19)26(29)20-9-11-33-12-10-20/h5-8,13-15,18-20H,3-4,9-12,16-17H2,1-2H3,(H,30,31). The van der Waals surface area contributed by atoms with Crippen molar-refractivity contribution in [3.8, 4) is 17.2 Å². The first-order chi connectivity index (χ1) is 16.9. The van der Waals surface area contributed by atoms with E-state index in [2.05, 4.69) is 0 Å². The van der Waals surface area contributed by atoms with Crippen molar-refractivity contribution in [2.24, 2.45) is 11.8 Å². The molecule has 35 heavy (non-hydrogen) atoms. The first-order valence-electron chi connectivity index (χ1n) is 12.1. The van der Waals surface area contributed by atoms with Gasteiger partial charge in [0.05, 0.1) is 12.2 Å². The zero-order valence-corrected chi connectivity index (χ0v) is 20.3. The Hall–Kier alpha value is -3.10. The van der Waals surface area contributed by atoms with E-state index in [0.717, 1.165) is 37.9 Å². The van der Waals surface area contributed by atoms with Crippen LogP contribution in [0.15, 0.2) is 42.5 Å². The van der Waals surface area contributed by atoms with Gasteiger partial charge in [-0.2, -0.15) is 0 Å². The molecule has 0 radical (unpaired) electrons. The largest absolute Gasteiger partial charge is 0.488 e. The molecule has 2 aromatic rings. The number of anilines is 1. The maximum atomic E-state index is 13.3. The maximum absolute atomic E-state index is 13.3. The second-order valence-electron chi connectivity index (χ2n) is 9.26. The number of amides is 1. The molecule has 1 amide bonds. The first-order valence-corrected chi connectivity index (χ1v) is 12.1. The van der Waals surface area contributed by atoms with Crippen LogP contribution in [0.1, 0.15) is 43.0 Å². The predicted octanol–water partition coefficient (Wildman–Crippen LogP) is 4.76. The lowest BCUT2D eigenvalue weighted by molar-refractivity contribution is -0.125. The highest BCUT2D eigenvalue weighted by atomic mass is 16.5. The van der Waals surface area contributed by atoms with Crippen LogP contribution in [-0.4, -0.2) is 56.6 Å². The van der Waals surface area contributed by atoms with E-state index in [1.165, 1.54) is 12.1 Å². The molecule has 1 atom stereocenters. The smallest absolute Gasteiger partial charge is 0.335 e.